The lowest BCUT2D eigenvalue weighted by atomic mass is 10.1. The first-order valence-corrected chi connectivity index (χ1v) is 7.82. The van der Waals surface area contributed by atoms with Crippen molar-refractivity contribution in [1.29, 1.82) is 0 Å². The van der Waals surface area contributed by atoms with E-state index in [1.807, 2.05) is 44.2 Å². The average Bonchev–Trinajstić information content (AvgIpc) is 2.96. The number of para-hydroxylation sites is 1. The standard InChI is InChI=1S/C17H20N4O2/c1-3-15-16(22)18-9-10-20(15)17(23)14-11-19-21(12(14)2)13-7-5-4-6-8-13/h4-8,11,15H,3,9-10H2,1-2H3,(H,18,22)/t15-/m0/s1. The van der Waals surface area contributed by atoms with Crippen molar-refractivity contribution in [3.05, 3.63) is 47.8 Å². The Morgan fingerprint density at radius 3 is 2.78 bits per heavy atom. The van der Waals surface area contributed by atoms with Crippen LogP contribution in [0.4, 0.5) is 0 Å². The van der Waals surface area contributed by atoms with E-state index in [4.69, 9.17) is 0 Å². The van der Waals surface area contributed by atoms with Crippen molar-refractivity contribution in [2.75, 3.05) is 13.1 Å². The van der Waals surface area contributed by atoms with Crippen molar-refractivity contribution >= 4 is 11.8 Å². The molecule has 6 heteroatoms. The van der Waals surface area contributed by atoms with Gasteiger partial charge in [0.2, 0.25) is 5.91 Å². The first kappa shape index (κ1) is 15.3. The first-order valence-electron chi connectivity index (χ1n) is 7.82. The molecule has 0 radical (unpaired) electrons. The molecule has 1 aromatic carbocycles. The maximum absolute atomic E-state index is 12.9. The summed E-state index contributed by atoms with van der Waals surface area (Å²) in [5, 5.41) is 7.15. The Hall–Kier alpha value is -2.63. The van der Waals surface area contributed by atoms with Crippen LogP contribution in [-0.2, 0) is 4.79 Å². The molecular formula is C17H20N4O2. The molecule has 120 valence electrons. The molecule has 23 heavy (non-hydrogen) atoms. The van der Waals surface area contributed by atoms with Crippen LogP contribution in [0.25, 0.3) is 5.69 Å². The van der Waals surface area contributed by atoms with Crippen LogP contribution in [0, 0.1) is 6.92 Å². The van der Waals surface area contributed by atoms with Crippen molar-refractivity contribution in [1.82, 2.24) is 20.0 Å². The summed E-state index contributed by atoms with van der Waals surface area (Å²) in [4.78, 5) is 26.5. The van der Waals surface area contributed by atoms with E-state index in [0.717, 1.165) is 11.4 Å². The van der Waals surface area contributed by atoms with Crippen LogP contribution >= 0.6 is 0 Å². The van der Waals surface area contributed by atoms with Gasteiger partial charge in [0.25, 0.3) is 5.91 Å². The molecule has 1 fully saturated rings. The average molecular weight is 312 g/mol. The van der Waals surface area contributed by atoms with E-state index in [2.05, 4.69) is 10.4 Å². The van der Waals surface area contributed by atoms with Crippen molar-refractivity contribution in [2.24, 2.45) is 0 Å². The monoisotopic (exact) mass is 312 g/mol. The van der Waals surface area contributed by atoms with Gasteiger partial charge >= 0.3 is 0 Å². The Morgan fingerprint density at radius 2 is 2.09 bits per heavy atom. The van der Waals surface area contributed by atoms with E-state index < -0.39 is 6.04 Å². The highest BCUT2D eigenvalue weighted by Crippen LogP contribution is 2.18. The molecule has 2 amide bonds. The highest BCUT2D eigenvalue weighted by Gasteiger charge is 2.33. The van der Waals surface area contributed by atoms with Gasteiger partial charge in [0.05, 0.1) is 23.1 Å². The van der Waals surface area contributed by atoms with Gasteiger partial charge in [0.1, 0.15) is 6.04 Å². The lowest BCUT2D eigenvalue weighted by molar-refractivity contribution is -0.127. The van der Waals surface area contributed by atoms with Gasteiger partial charge in [-0.05, 0) is 25.5 Å². The summed E-state index contributed by atoms with van der Waals surface area (Å²) in [5.41, 5.74) is 2.23. The number of carbonyl (C=O) groups is 2. The quantitative estimate of drug-likeness (QED) is 0.934. The highest BCUT2D eigenvalue weighted by atomic mass is 16.2. The summed E-state index contributed by atoms with van der Waals surface area (Å²) in [5.74, 6) is -0.216. The number of hydrogen-bond donors (Lipinski definition) is 1. The van der Waals surface area contributed by atoms with Gasteiger partial charge in [-0.1, -0.05) is 25.1 Å². The topological polar surface area (TPSA) is 67.2 Å². The smallest absolute Gasteiger partial charge is 0.258 e. The molecule has 0 spiro atoms. The fraction of sp³-hybridized carbons (Fsp3) is 0.353. The molecule has 0 bridgehead atoms. The summed E-state index contributed by atoms with van der Waals surface area (Å²) < 4.78 is 1.75. The number of nitrogens with one attached hydrogen (secondary N) is 1. The number of benzene rings is 1. The van der Waals surface area contributed by atoms with Gasteiger partial charge < -0.3 is 10.2 Å². The fourth-order valence-electron chi connectivity index (χ4n) is 2.97. The second kappa shape index (κ2) is 6.24. The molecular weight excluding hydrogens is 292 g/mol. The second-order valence-electron chi connectivity index (χ2n) is 5.60. The molecule has 2 heterocycles. The Balaban J connectivity index is 1.91. The molecule has 1 aromatic heterocycles. The number of amides is 2. The summed E-state index contributed by atoms with van der Waals surface area (Å²) in [6.45, 7) is 4.81. The molecule has 0 unspecified atom stereocenters. The van der Waals surface area contributed by atoms with Gasteiger partial charge in [-0.15, -0.1) is 0 Å². The summed E-state index contributed by atoms with van der Waals surface area (Å²) in [7, 11) is 0. The van der Waals surface area contributed by atoms with Crippen molar-refractivity contribution < 1.29 is 9.59 Å². The molecule has 1 N–H and O–H groups in total. The zero-order valence-corrected chi connectivity index (χ0v) is 13.3. The first-order chi connectivity index (χ1) is 11.1. The lowest BCUT2D eigenvalue weighted by Crippen LogP contribution is -2.56. The van der Waals surface area contributed by atoms with Gasteiger partial charge in [0, 0.05) is 13.1 Å². The van der Waals surface area contributed by atoms with Crippen molar-refractivity contribution in [2.45, 2.75) is 26.3 Å². The molecule has 2 aromatic rings. The molecule has 0 saturated carbocycles. The zero-order chi connectivity index (χ0) is 16.4. The van der Waals surface area contributed by atoms with Crippen LogP contribution in [0.2, 0.25) is 0 Å². The van der Waals surface area contributed by atoms with Crippen LogP contribution < -0.4 is 5.32 Å². The largest absolute Gasteiger partial charge is 0.353 e. The van der Waals surface area contributed by atoms with Crippen LogP contribution in [0.3, 0.4) is 0 Å². The van der Waals surface area contributed by atoms with E-state index >= 15 is 0 Å². The third kappa shape index (κ3) is 2.72. The van der Waals surface area contributed by atoms with Crippen LogP contribution in [0.5, 0.6) is 0 Å². The van der Waals surface area contributed by atoms with Crippen molar-refractivity contribution in [3.8, 4) is 5.69 Å². The minimum absolute atomic E-state index is 0.0831. The Morgan fingerprint density at radius 1 is 1.35 bits per heavy atom. The number of nitrogens with zero attached hydrogens (tertiary/aromatic N) is 3. The Bertz CT molecular complexity index is 723. The highest BCUT2D eigenvalue weighted by molar-refractivity contribution is 5.98. The predicted octanol–water partition coefficient (Wildman–Crippen LogP) is 1.53. The summed E-state index contributed by atoms with van der Waals surface area (Å²) >= 11 is 0. The van der Waals surface area contributed by atoms with E-state index in [9.17, 15) is 9.59 Å². The molecule has 0 aliphatic carbocycles. The van der Waals surface area contributed by atoms with Gasteiger partial charge in [-0.25, -0.2) is 4.68 Å². The Kier molecular flexibility index (Phi) is 4.14. The van der Waals surface area contributed by atoms with E-state index in [-0.39, 0.29) is 11.8 Å². The number of hydrogen-bond acceptors (Lipinski definition) is 3. The molecule has 1 aliphatic heterocycles. The SMILES string of the molecule is CC[C@H]1C(=O)NCCN1C(=O)c1cnn(-c2ccccc2)c1C. The maximum atomic E-state index is 12.9. The molecule has 3 rings (SSSR count). The summed E-state index contributed by atoms with van der Waals surface area (Å²) in [6.07, 6.45) is 2.19. The van der Waals surface area contributed by atoms with Crippen LogP contribution in [0.1, 0.15) is 29.4 Å². The second-order valence-corrected chi connectivity index (χ2v) is 5.60. The molecule has 1 saturated heterocycles. The molecule has 1 aliphatic rings. The number of aromatic nitrogens is 2. The van der Waals surface area contributed by atoms with E-state index in [1.54, 1.807) is 15.8 Å². The lowest BCUT2D eigenvalue weighted by Gasteiger charge is -2.34. The maximum Gasteiger partial charge on any atom is 0.258 e. The minimum Gasteiger partial charge on any atom is -0.353 e. The predicted molar refractivity (Wildman–Crippen MR) is 86.4 cm³/mol. The minimum atomic E-state index is -0.407. The van der Waals surface area contributed by atoms with Crippen molar-refractivity contribution in [3.63, 3.8) is 0 Å². The van der Waals surface area contributed by atoms with Crippen LogP contribution in [-0.4, -0.2) is 45.6 Å². The van der Waals surface area contributed by atoms with E-state index in [0.29, 0.717) is 25.1 Å². The summed E-state index contributed by atoms with van der Waals surface area (Å²) in [6, 6.07) is 9.28. The third-order valence-electron chi connectivity index (χ3n) is 4.22. The number of piperazine rings is 1. The van der Waals surface area contributed by atoms with Gasteiger partial charge in [-0.3, -0.25) is 9.59 Å². The van der Waals surface area contributed by atoms with Gasteiger partial charge in [-0.2, -0.15) is 5.10 Å². The van der Waals surface area contributed by atoms with Crippen LogP contribution in [0.15, 0.2) is 36.5 Å². The molecule has 1 atom stereocenters. The van der Waals surface area contributed by atoms with E-state index in [1.165, 1.54) is 0 Å². The number of rotatable bonds is 3. The Labute approximate surface area is 135 Å². The number of carbonyl (C=O) groups excluding carboxylic acids is 2. The zero-order valence-electron chi connectivity index (χ0n) is 13.3. The third-order valence-corrected chi connectivity index (χ3v) is 4.22. The normalized spacial score (nSPS) is 17.9. The fourth-order valence-corrected chi connectivity index (χ4v) is 2.97. The van der Waals surface area contributed by atoms with Gasteiger partial charge in [0.15, 0.2) is 0 Å². The molecule has 6 nitrogen and oxygen atoms in total.